The number of hydrogen-bond acceptors (Lipinski definition) is 4. The highest BCUT2D eigenvalue weighted by Gasteiger charge is 2.18. The Kier molecular flexibility index (Phi) is 5.58. The number of hydrogen-bond donors (Lipinski definition) is 2. The molecule has 18 heavy (non-hydrogen) atoms. The van der Waals surface area contributed by atoms with Gasteiger partial charge in [-0.05, 0) is 42.0 Å². The van der Waals surface area contributed by atoms with Gasteiger partial charge in [-0.1, -0.05) is 0 Å². The van der Waals surface area contributed by atoms with Gasteiger partial charge in [0.15, 0.2) is 0 Å². The molecule has 1 rings (SSSR count). The molecule has 1 unspecified atom stereocenters. The van der Waals surface area contributed by atoms with Crippen molar-refractivity contribution in [2.45, 2.75) is 17.9 Å². The summed E-state index contributed by atoms with van der Waals surface area (Å²) in [5, 5.41) is 2.96. The summed E-state index contributed by atoms with van der Waals surface area (Å²) in [7, 11) is -0.271. The van der Waals surface area contributed by atoms with Crippen molar-refractivity contribution >= 4 is 26.0 Å². The van der Waals surface area contributed by atoms with Crippen LogP contribution in [-0.2, 0) is 10.0 Å². The Balaban J connectivity index is 2.97. The van der Waals surface area contributed by atoms with E-state index >= 15 is 0 Å². The molecule has 0 heterocycles. The molecule has 7 heteroatoms. The fourth-order valence-electron chi connectivity index (χ4n) is 1.23. The highest BCUT2D eigenvalue weighted by molar-refractivity contribution is 9.10. The molecule has 1 aromatic rings. The lowest BCUT2D eigenvalue weighted by Crippen LogP contribution is -2.37. The molecule has 102 valence electrons. The van der Waals surface area contributed by atoms with E-state index in [0.717, 1.165) is 0 Å². The number of nitrogens with one attached hydrogen (secondary N) is 2. The molecule has 0 amide bonds. The average molecular weight is 337 g/mol. The van der Waals surface area contributed by atoms with Crippen molar-refractivity contribution in [1.29, 1.82) is 0 Å². The van der Waals surface area contributed by atoms with Crippen LogP contribution in [0.15, 0.2) is 27.6 Å². The van der Waals surface area contributed by atoms with E-state index in [1.807, 2.05) is 6.92 Å². The van der Waals surface area contributed by atoms with Crippen LogP contribution in [0.1, 0.15) is 6.92 Å². The van der Waals surface area contributed by atoms with E-state index < -0.39 is 10.0 Å². The first-order valence-electron chi connectivity index (χ1n) is 5.41. The molecule has 0 aliphatic rings. The number of halogens is 1. The third-order valence-electron chi connectivity index (χ3n) is 2.50. The van der Waals surface area contributed by atoms with Gasteiger partial charge in [0.1, 0.15) is 5.75 Å². The normalized spacial score (nSPS) is 13.3. The summed E-state index contributed by atoms with van der Waals surface area (Å²) in [6.45, 7) is 2.21. The molecule has 2 N–H and O–H groups in total. The lowest BCUT2D eigenvalue weighted by molar-refractivity contribution is 0.413. The summed E-state index contributed by atoms with van der Waals surface area (Å²) in [6, 6.07) is 4.88. The first kappa shape index (κ1) is 15.4. The Morgan fingerprint density at radius 2 is 2.11 bits per heavy atom. The Hall–Kier alpha value is -0.630. The standard InChI is InChI=1S/C11H17BrN2O3S/c1-8(13-2)7-14-18(15,16)11-6-9(17-3)4-5-10(11)12/h4-6,8,13-14H,7H2,1-3H3. The summed E-state index contributed by atoms with van der Waals surface area (Å²) in [4.78, 5) is 0.171. The number of rotatable bonds is 6. The zero-order valence-electron chi connectivity index (χ0n) is 10.5. The number of ether oxygens (including phenoxy) is 1. The van der Waals surface area contributed by atoms with Gasteiger partial charge in [0.05, 0.1) is 12.0 Å². The minimum Gasteiger partial charge on any atom is -0.497 e. The number of benzene rings is 1. The molecular formula is C11H17BrN2O3S. The van der Waals surface area contributed by atoms with Gasteiger partial charge >= 0.3 is 0 Å². The second-order valence-corrected chi connectivity index (χ2v) is 6.43. The Morgan fingerprint density at radius 3 is 2.67 bits per heavy atom. The number of sulfonamides is 1. The molecule has 0 fully saturated rings. The van der Waals surface area contributed by atoms with Gasteiger partial charge in [-0.2, -0.15) is 0 Å². The fourth-order valence-corrected chi connectivity index (χ4v) is 3.34. The molecule has 0 spiro atoms. The molecule has 0 saturated carbocycles. The van der Waals surface area contributed by atoms with Crippen molar-refractivity contribution in [3.8, 4) is 5.75 Å². The Labute approximate surface area is 116 Å². The largest absolute Gasteiger partial charge is 0.497 e. The van der Waals surface area contributed by atoms with Crippen molar-refractivity contribution < 1.29 is 13.2 Å². The molecule has 0 saturated heterocycles. The van der Waals surface area contributed by atoms with Crippen molar-refractivity contribution in [2.24, 2.45) is 0 Å². The minimum absolute atomic E-state index is 0.0594. The molecule has 0 aliphatic carbocycles. The van der Waals surface area contributed by atoms with Gasteiger partial charge < -0.3 is 10.1 Å². The lowest BCUT2D eigenvalue weighted by Gasteiger charge is -2.13. The average Bonchev–Trinajstić information content (AvgIpc) is 2.36. The highest BCUT2D eigenvalue weighted by atomic mass is 79.9. The van der Waals surface area contributed by atoms with Gasteiger partial charge in [-0.15, -0.1) is 0 Å². The summed E-state index contributed by atoms with van der Waals surface area (Å²) in [5.74, 6) is 0.500. The SMILES string of the molecule is CNC(C)CNS(=O)(=O)c1cc(OC)ccc1Br. The van der Waals surface area contributed by atoms with Gasteiger partial charge in [-0.3, -0.25) is 0 Å². The van der Waals surface area contributed by atoms with Crippen LogP contribution in [-0.4, -0.2) is 35.2 Å². The molecule has 0 aliphatic heterocycles. The molecule has 0 radical (unpaired) electrons. The molecule has 5 nitrogen and oxygen atoms in total. The monoisotopic (exact) mass is 336 g/mol. The van der Waals surface area contributed by atoms with Crippen LogP contribution in [0.3, 0.4) is 0 Å². The van der Waals surface area contributed by atoms with E-state index in [9.17, 15) is 8.42 Å². The van der Waals surface area contributed by atoms with Gasteiger partial charge in [0, 0.05) is 23.1 Å². The Bertz CT molecular complexity index is 505. The number of likely N-dealkylation sites (N-methyl/N-ethyl adjacent to an activating group) is 1. The summed E-state index contributed by atoms with van der Waals surface area (Å²) < 4.78 is 32.3. The van der Waals surface area contributed by atoms with E-state index in [4.69, 9.17) is 4.74 Å². The van der Waals surface area contributed by atoms with E-state index in [-0.39, 0.29) is 10.9 Å². The minimum atomic E-state index is -3.55. The van der Waals surface area contributed by atoms with E-state index in [2.05, 4.69) is 26.0 Å². The first-order valence-corrected chi connectivity index (χ1v) is 7.68. The molecule has 0 aromatic heterocycles. The van der Waals surface area contributed by atoms with Gasteiger partial charge in [0.25, 0.3) is 0 Å². The third-order valence-corrected chi connectivity index (χ3v) is 4.92. The molecule has 1 aromatic carbocycles. The van der Waals surface area contributed by atoms with Crippen LogP contribution < -0.4 is 14.8 Å². The highest BCUT2D eigenvalue weighted by Crippen LogP contribution is 2.26. The van der Waals surface area contributed by atoms with Crippen LogP contribution >= 0.6 is 15.9 Å². The van der Waals surface area contributed by atoms with Crippen molar-refractivity contribution in [3.63, 3.8) is 0 Å². The van der Waals surface area contributed by atoms with Crippen molar-refractivity contribution in [3.05, 3.63) is 22.7 Å². The smallest absolute Gasteiger partial charge is 0.241 e. The van der Waals surface area contributed by atoms with Crippen LogP contribution in [0.2, 0.25) is 0 Å². The summed E-state index contributed by atoms with van der Waals surface area (Å²) >= 11 is 3.23. The first-order chi connectivity index (χ1) is 8.40. The maximum absolute atomic E-state index is 12.1. The van der Waals surface area contributed by atoms with Crippen LogP contribution in [0.25, 0.3) is 0 Å². The van der Waals surface area contributed by atoms with Crippen molar-refractivity contribution in [1.82, 2.24) is 10.0 Å². The molecular weight excluding hydrogens is 320 g/mol. The zero-order valence-corrected chi connectivity index (χ0v) is 12.9. The topological polar surface area (TPSA) is 67.4 Å². The van der Waals surface area contributed by atoms with E-state index in [1.54, 1.807) is 19.2 Å². The zero-order chi connectivity index (χ0) is 13.8. The third kappa shape index (κ3) is 3.94. The summed E-state index contributed by atoms with van der Waals surface area (Å²) in [5.41, 5.74) is 0. The maximum atomic E-state index is 12.1. The van der Waals surface area contributed by atoms with Crippen LogP contribution in [0.5, 0.6) is 5.75 Å². The maximum Gasteiger partial charge on any atom is 0.241 e. The molecule has 1 atom stereocenters. The van der Waals surface area contributed by atoms with Crippen molar-refractivity contribution in [2.75, 3.05) is 20.7 Å². The predicted octanol–water partition coefficient (Wildman–Crippen LogP) is 1.34. The van der Waals surface area contributed by atoms with Crippen LogP contribution in [0, 0.1) is 0 Å². The van der Waals surface area contributed by atoms with E-state index in [0.29, 0.717) is 16.8 Å². The van der Waals surface area contributed by atoms with Crippen LogP contribution in [0.4, 0.5) is 0 Å². The Morgan fingerprint density at radius 1 is 1.44 bits per heavy atom. The predicted molar refractivity (Wildman–Crippen MR) is 74.4 cm³/mol. The van der Waals surface area contributed by atoms with Gasteiger partial charge in [0.2, 0.25) is 10.0 Å². The number of methoxy groups -OCH3 is 1. The lowest BCUT2D eigenvalue weighted by atomic mass is 10.3. The summed E-state index contributed by atoms with van der Waals surface area (Å²) in [6.07, 6.45) is 0. The fraction of sp³-hybridized carbons (Fsp3) is 0.455. The van der Waals surface area contributed by atoms with E-state index in [1.165, 1.54) is 13.2 Å². The van der Waals surface area contributed by atoms with Gasteiger partial charge in [-0.25, -0.2) is 13.1 Å². The second-order valence-electron chi connectivity index (χ2n) is 3.84. The second kappa shape index (κ2) is 6.51. The quantitative estimate of drug-likeness (QED) is 0.822. The molecule has 0 bridgehead atoms.